The van der Waals surface area contributed by atoms with Crippen LogP contribution in [0.15, 0.2) is 30.6 Å². The number of benzene rings is 1. The van der Waals surface area contributed by atoms with Crippen molar-refractivity contribution >= 4 is 29.1 Å². The number of imidazole rings is 1. The largest absolute Gasteiger partial charge is 0.348 e. The van der Waals surface area contributed by atoms with Crippen molar-refractivity contribution in [2.45, 2.75) is 19.9 Å². The van der Waals surface area contributed by atoms with E-state index in [1.165, 1.54) is 0 Å². The first-order valence-corrected chi connectivity index (χ1v) is 9.71. The Kier molecular flexibility index (Phi) is 6.36. The van der Waals surface area contributed by atoms with Crippen molar-refractivity contribution in [2.24, 2.45) is 5.92 Å². The van der Waals surface area contributed by atoms with E-state index in [1.807, 2.05) is 43.0 Å². The van der Waals surface area contributed by atoms with Crippen LogP contribution in [0.5, 0.6) is 0 Å². The first-order valence-electron chi connectivity index (χ1n) is 9.33. The third kappa shape index (κ3) is 4.72. The number of anilines is 1. The van der Waals surface area contributed by atoms with Crippen LogP contribution in [0.3, 0.4) is 0 Å². The van der Waals surface area contributed by atoms with Gasteiger partial charge in [0, 0.05) is 42.5 Å². The summed E-state index contributed by atoms with van der Waals surface area (Å²) in [5.41, 5.74) is 2.53. The average molecular weight is 404 g/mol. The van der Waals surface area contributed by atoms with Crippen LogP contribution in [0.1, 0.15) is 17.8 Å². The number of hydrogen-bond acceptors (Lipinski definition) is 4. The molecule has 1 aliphatic heterocycles. The third-order valence-corrected chi connectivity index (χ3v) is 5.23. The van der Waals surface area contributed by atoms with Gasteiger partial charge < -0.3 is 19.7 Å². The molecule has 2 amide bonds. The number of rotatable bonds is 7. The number of halogens is 1. The Labute approximate surface area is 170 Å². The summed E-state index contributed by atoms with van der Waals surface area (Å²) in [5, 5.41) is 0.571. The highest BCUT2D eigenvalue weighted by atomic mass is 35.5. The van der Waals surface area contributed by atoms with Crippen molar-refractivity contribution < 1.29 is 9.59 Å². The second kappa shape index (κ2) is 8.75. The van der Waals surface area contributed by atoms with E-state index in [4.69, 9.17) is 11.6 Å². The molecule has 1 unspecified atom stereocenters. The number of H-pyrrole nitrogens is 1. The number of aromatic amines is 1. The van der Waals surface area contributed by atoms with Crippen molar-refractivity contribution in [1.82, 2.24) is 19.8 Å². The maximum atomic E-state index is 13.2. The third-order valence-electron chi connectivity index (χ3n) is 5.00. The average Bonchev–Trinajstić information content (AvgIpc) is 3.23. The lowest BCUT2D eigenvalue weighted by atomic mass is 10.1. The van der Waals surface area contributed by atoms with Gasteiger partial charge in [-0.3, -0.25) is 9.59 Å². The fraction of sp³-hybridized carbons (Fsp3) is 0.450. The van der Waals surface area contributed by atoms with Crippen LogP contribution in [-0.2, 0) is 16.1 Å². The topological polar surface area (TPSA) is 72.5 Å². The van der Waals surface area contributed by atoms with Crippen LogP contribution in [0.4, 0.5) is 5.69 Å². The highest BCUT2D eigenvalue weighted by molar-refractivity contribution is 6.31. The summed E-state index contributed by atoms with van der Waals surface area (Å²) >= 11 is 6.06. The zero-order chi connectivity index (χ0) is 20.3. The van der Waals surface area contributed by atoms with Gasteiger partial charge in [0.25, 0.3) is 0 Å². The van der Waals surface area contributed by atoms with E-state index < -0.39 is 0 Å². The summed E-state index contributed by atoms with van der Waals surface area (Å²) in [6.45, 7) is 4.07. The molecule has 28 heavy (non-hydrogen) atoms. The molecule has 0 spiro atoms. The summed E-state index contributed by atoms with van der Waals surface area (Å²) < 4.78 is 0. The molecular formula is C20H26ClN5O2. The standard InChI is InChI=1S/C20H26ClN5O2/c1-14-18(23-13-22-14)12-25(8-7-24(2)3)20(28)15-9-19(27)26(11-15)17-6-4-5-16(21)10-17/h4-6,10,13,15H,7-9,11-12H2,1-3H3,(H,22,23). The highest BCUT2D eigenvalue weighted by Gasteiger charge is 2.37. The van der Waals surface area contributed by atoms with Gasteiger partial charge in [-0.1, -0.05) is 17.7 Å². The number of likely N-dealkylation sites (N-methyl/N-ethyl adjacent to an activating group) is 1. The van der Waals surface area contributed by atoms with E-state index in [0.717, 1.165) is 23.6 Å². The van der Waals surface area contributed by atoms with Crippen LogP contribution in [0.2, 0.25) is 5.02 Å². The van der Waals surface area contributed by atoms with E-state index in [-0.39, 0.29) is 24.2 Å². The molecule has 1 aliphatic rings. The number of aromatic nitrogens is 2. The molecule has 8 heteroatoms. The lowest BCUT2D eigenvalue weighted by molar-refractivity contribution is -0.136. The first kappa shape index (κ1) is 20.4. The van der Waals surface area contributed by atoms with Gasteiger partial charge in [-0.05, 0) is 39.2 Å². The summed E-state index contributed by atoms with van der Waals surface area (Å²) in [7, 11) is 3.95. The van der Waals surface area contributed by atoms with Gasteiger partial charge >= 0.3 is 0 Å². The maximum Gasteiger partial charge on any atom is 0.228 e. The second-order valence-electron chi connectivity index (χ2n) is 7.42. The molecule has 0 aliphatic carbocycles. The van der Waals surface area contributed by atoms with E-state index in [2.05, 4.69) is 9.97 Å². The Morgan fingerprint density at radius 2 is 2.14 bits per heavy atom. The van der Waals surface area contributed by atoms with E-state index >= 15 is 0 Å². The van der Waals surface area contributed by atoms with E-state index in [9.17, 15) is 9.59 Å². The van der Waals surface area contributed by atoms with Gasteiger partial charge in [0.15, 0.2) is 0 Å². The van der Waals surface area contributed by atoms with Crippen LogP contribution >= 0.6 is 11.6 Å². The Morgan fingerprint density at radius 1 is 1.36 bits per heavy atom. The van der Waals surface area contributed by atoms with Gasteiger partial charge in [-0.2, -0.15) is 0 Å². The maximum absolute atomic E-state index is 13.2. The minimum Gasteiger partial charge on any atom is -0.348 e. The monoisotopic (exact) mass is 403 g/mol. The van der Waals surface area contributed by atoms with Gasteiger partial charge in [0.2, 0.25) is 11.8 Å². The summed E-state index contributed by atoms with van der Waals surface area (Å²) in [5.74, 6) is -0.431. The lowest BCUT2D eigenvalue weighted by Gasteiger charge is -2.26. The zero-order valence-electron chi connectivity index (χ0n) is 16.5. The molecule has 0 radical (unpaired) electrons. The Hall–Kier alpha value is -2.38. The molecule has 0 saturated carbocycles. The SMILES string of the molecule is Cc1[nH]cnc1CN(CCN(C)C)C(=O)C1CC(=O)N(c2cccc(Cl)c2)C1. The molecule has 3 rings (SSSR count). The Bertz CT molecular complexity index is 851. The molecule has 2 aromatic rings. The summed E-state index contributed by atoms with van der Waals surface area (Å²) in [6, 6.07) is 7.17. The number of amides is 2. The van der Waals surface area contributed by atoms with Crippen LogP contribution < -0.4 is 4.90 Å². The smallest absolute Gasteiger partial charge is 0.228 e. The van der Waals surface area contributed by atoms with Crippen LogP contribution in [0.25, 0.3) is 0 Å². The molecule has 1 atom stereocenters. The van der Waals surface area contributed by atoms with Crippen molar-refractivity contribution in [3.05, 3.63) is 47.0 Å². The number of hydrogen-bond donors (Lipinski definition) is 1. The van der Waals surface area contributed by atoms with Gasteiger partial charge in [-0.15, -0.1) is 0 Å². The number of carbonyl (C=O) groups is 2. The fourth-order valence-electron chi connectivity index (χ4n) is 3.34. The Balaban J connectivity index is 1.74. The quantitative estimate of drug-likeness (QED) is 0.770. The van der Waals surface area contributed by atoms with Crippen molar-refractivity contribution in [1.29, 1.82) is 0 Å². The molecule has 2 heterocycles. The molecule has 150 valence electrons. The molecule has 1 fully saturated rings. The van der Waals surface area contributed by atoms with Gasteiger partial charge in [0.05, 0.1) is 24.5 Å². The molecule has 1 aromatic heterocycles. The summed E-state index contributed by atoms with van der Waals surface area (Å²) in [6.07, 6.45) is 1.85. The summed E-state index contributed by atoms with van der Waals surface area (Å²) in [4.78, 5) is 38.7. The number of nitrogens with one attached hydrogen (secondary N) is 1. The van der Waals surface area contributed by atoms with Crippen LogP contribution in [-0.4, -0.2) is 65.3 Å². The second-order valence-corrected chi connectivity index (χ2v) is 7.86. The number of carbonyl (C=O) groups excluding carboxylic acids is 2. The van der Waals surface area contributed by atoms with Gasteiger partial charge in [0.1, 0.15) is 0 Å². The minimum absolute atomic E-state index is 0.0119. The fourth-order valence-corrected chi connectivity index (χ4v) is 3.52. The van der Waals surface area contributed by atoms with Crippen LogP contribution in [0, 0.1) is 12.8 Å². The van der Waals surface area contributed by atoms with Gasteiger partial charge in [-0.25, -0.2) is 4.98 Å². The molecule has 7 nitrogen and oxygen atoms in total. The van der Waals surface area contributed by atoms with E-state index in [0.29, 0.717) is 24.7 Å². The van der Waals surface area contributed by atoms with Crippen molar-refractivity contribution in [2.75, 3.05) is 38.6 Å². The molecule has 1 saturated heterocycles. The predicted octanol–water partition coefficient (Wildman–Crippen LogP) is 2.31. The number of nitrogens with zero attached hydrogens (tertiary/aromatic N) is 4. The van der Waals surface area contributed by atoms with Crippen molar-refractivity contribution in [3.8, 4) is 0 Å². The zero-order valence-corrected chi connectivity index (χ0v) is 17.2. The highest BCUT2D eigenvalue weighted by Crippen LogP contribution is 2.28. The molecule has 1 N–H and O–H groups in total. The minimum atomic E-state index is -0.368. The molecule has 0 bridgehead atoms. The number of aryl methyl sites for hydroxylation is 1. The normalized spacial score (nSPS) is 16.8. The van der Waals surface area contributed by atoms with Crippen molar-refractivity contribution in [3.63, 3.8) is 0 Å². The predicted molar refractivity (Wildman–Crippen MR) is 109 cm³/mol. The first-order chi connectivity index (χ1) is 13.3. The lowest BCUT2D eigenvalue weighted by Crippen LogP contribution is -2.40. The van der Waals surface area contributed by atoms with E-state index in [1.54, 1.807) is 23.4 Å². The molecule has 1 aromatic carbocycles. The Morgan fingerprint density at radius 3 is 2.79 bits per heavy atom. The molecular weight excluding hydrogens is 378 g/mol.